The number of hydrogen-bond acceptors (Lipinski definition) is 3. The zero-order chi connectivity index (χ0) is 13.1. The molecule has 0 radical (unpaired) electrons. The van der Waals surface area contributed by atoms with Gasteiger partial charge in [-0.15, -0.1) is 0 Å². The van der Waals surface area contributed by atoms with Gasteiger partial charge in [0.25, 0.3) is 0 Å². The molecule has 98 valence electrons. The molecule has 4 nitrogen and oxygen atoms in total. The van der Waals surface area contributed by atoms with Crippen molar-refractivity contribution in [2.45, 2.75) is 11.6 Å². The third-order valence-electron chi connectivity index (χ3n) is 3.18. The summed E-state index contributed by atoms with van der Waals surface area (Å²) in [5.74, 6) is 0.663. The van der Waals surface area contributed by atoms with Gasteiger partial charge in [-0.05, 0) is 12.0 Å². The number of likely N-dealkylation sites (tertiary alicyclic amines) is 1. The maximum atomic E-state index is 11.7. The molecule has 1 aromatic heterocycles. The Labute approximate surface area is 116 Å². The van der Waals surface area contributed by atoms with E-state index in [9.17, 15) is 4.79 Å². The van der Waals surface area contributed by atoms with Gasteiger partial charge in [-0.25, -0.2) is 4.98 Å². The van der Waals surface area contributed by atoms with Crippen LogP contribution in [0.4, 0.5) is 0 Å². The van der Waals surface area contributed by atoms with Gasteiger partial charge in [0, 0.05) is 13.1 Å². The number of hydrogen-bond donors (Lipinski definition) is 1. The summed E-state index contributed by atoms with van der Waals surface area (Å²) >= 11 is 1.46. The molecule has 19 heavy (non-hydrogen) atoms. The van der Waals surface area contributed by atoms with Gasteiger partial charge in [-0.1, -0.05) is 42.1 Å². The highest BCUT2D eigenvalue weighted by Crippen LogP contribution is 2.21. The van der Waals surface area contributed by atoms with Gasteiger partial charge in [0.15, 0.2) is 5.16 Å². The molecule has 1 saturated heterocycles. The van der Waals surface area contributed by atoms with Gasteiger partial charge in [-0.3, -0.25) is 4.79 Å². The van der Waals surface area contributed by atoms with Gasteiger partial charge in [0.05, 0.1) is 17.6 Å². The van der Waals surface area contributed by atoms with Crippen molar-refractivity contribution in [3.8, 4) is 11.3 Å². The minimum Gasteiger partial charge on any atom is -0.342 e. The van der Waals surface area contributed by atoms with E-state index in [0.717, 1.165) is 35.9 Å². The molecule has 2 heterocycles. The molecule has 0 spiro atoms. The van der Waals surface area contributed by atoms with Crippen molar-refractivity contribution in [1.82, 2.24) is 14.9 Å². The SMILES string of the molecule is O=C(CSc1ncc(-c2ccccc2)[nH]1)N1CCC1. The van der Waals surface area contributed by atoms with E-state index in [-0.39, 0.29) is 5.91 Å². The molecule has 0 atom stereocenters. The van der Waals surface area contributed by atoms with Crippen LogP contribution in [0.2, 0.25) is 0 Å². The van der Waals surface area contributed by atoms with Gasteiger partial charge >= 0.3 is 0 Å². The van der Waals surface area contributed by atoms with Crippen molar-refractivity contribution in [3.63, 3.8) is 0 Å². The van der Waals surface area contributed by atoms with Crippen molar-refractivity contribution in [3.05, 3.63) is 36.5 Å². The standard InChI is InChI=1S/C14H15N3OS/c18-13(17-7-4-8-17)10-19-14-15-9-12(16-14)11-5-2-1-3-6-11/h1-3,5-6,9H,4,7-8,10H2,(H,15,16). The summed E-state index contributed by atoms with van der Waals surface area (Å²) in [7, 11) is 0. The molecule has 1 amide bonds. The van der Waals surface area contributed by atoms with Crippen LogP contribution in [0, 0.1) is 0 Å². The fourth-order valence-corrected chi connectivity index (χ4v) is 2.68. The van der Waals surface area contributed by atoms with Crippen LogP contribution in [0.3, 0.4) is 0 Å². The Morgan fingerprint density at radius 2 is 2.11 bits per heavy atom. The van der Waals surface area contributed by atoms with E-state index in [2.05, 4.69) is 9.97 Å². The van der Waals surface area contributed by atoms with Crippen LogP contribution in [0.15, 0.2) is 41.7 Å². The number of nitrogens with one attached hydrogen (secondary N) is 1. The van der Waals surface area contributed by atoms with E-state index in [1.165, 1.54) is 11.8 Å². The summed E-state index contributed by atoms with van der Waals surface area (Å²) < 4.78 is 0. The summed E-state index contributed by atoms with van der Waals surface area (Å²) in [6.07, 6.45) is 2.95. The highest BCUT2D eigenvalue weighted by molar-refractivity contribution is 7.99. The minimum absolute atomic E-state index is 0.203. The number of amides is 1. The van der Waals surface area contributed by atoms with E-state index in [1.807, 2.05) is 41.4 Å². The first-order valence-electron chi connectivity index (χ1n) is 6.34. The Kier molecular flexibility index (Phi) is 3.55. The Balaban J connectivity index is 1.60. The van der Waals surface area contributed by atoms with E-state index >= 15 is 0 Å². The van der Waals surface area contributed by atoms with E-state index in [1.54, 1.807) is 0 Å². The number of thioether (sulfide) groups is 1. The van der Waals surface area contributed by atoms with Crippen LogP contribution in [-0.4, -0.2) is 39.6 Å². The molecule has 0 saturated carbocycles. The van der Waals surface area contributed by atoms with Crippen molar-refractivity contribution in [2.24, 2.45) is 0 Å². The number of aromatic nitrogens is 2. The second kappa shape index (κ2) is 5.48. The number of carbonyl (C=O) groups excluding carboxylic acids is 1. The zero-order valence-electron chi connectivity index (χ0n) is 10.5. The van der Waals surface area contributed by atoms with Crippen molar-refractivity contribution in [2.75, 3.05) is 18.8 Å². The molecule has 5 heteroatoms. The predicted molar refractivity (Wildman–Crippen MR) is 75.9 cm³/mol. The fourth-order valence-electron chi connectivity index (χ4n) is 1.93. The smallest absolute Gasteiger partial charge is 0.233 e. The Hall–Kier alpha value is -1.75. The lowest BCUT2D eigenvalue weighted by molar-refractivity contribution is -0.131. The minimum atomic E-state index is 0.203. The molecular weight excluding hydrogens is 258 g/mol. The fraction of sp³-hybridized carbons (Fsp3) is 0.286. The van der Waals surface area contributed by atoms with Crippen LogP contribution in [0.25, 0.3) is 11.3 Å². The predicted octanol–water partition coefficient (Wildman–Crippen LogP) is 2.40. The second-order valence-corrected chi connectivity index (χ2v) is 5.46. The molecule has 1 fully saturated rings. The second-order valence-electron chi connectivity index (χ2n) is 4.49. The van der Waals surface area contributed by atoms with Gasteiger partial charge in [-0.2, -0.15) is 0 Å². The molecule has 0 aliphatic carbocycles. The third kappa shape index (κ3) is 2.81. The van der Waals surface area contributed by atoms with Gasteiger partial charge in [0.2, 0.25) is 5.91 Å². The lowest BCUT2D eigenvalue weighted by atomic mass is 10.2. The molecule has 1 aliphatic heterocycles. The maximum absolute atomic E-state index is 11.7. The van der Waals surface area contributed by atoms with Crippen LogP contribution < -0.4 is 0 Å². The number of benzene rings is 1. The van der Waals surface area contributed by atoms with Gasteiger partial charge < -0.3 is 9.88 Å². The lowest BCUT2D eigenvalue weighted by Crippen LogP contribution is -2.43. The number of imidazole rings is 1. The van der Waals surface area contributed by atoms with E-state index < -0.39 is 0 Å². The average molecular weight is 273 g/mol. The molecular formula is C14H15N3OS. The maximum Gasteiger partial charge on any atom is 0.233 e. The molecule has 1 aromatic carbocycles. The quantitative estimate of drug-likeness (QED) is 0.870. The highest BCUT2D eigenvalue weighted by atomic mass is 32.2. The normalized spacial score (nSPS) is 14.2. The first-order chi connectivity index (χ1) is 9.33. The van der Waals surface area contributed by atoms with E-state index in [0.29, 0.717) is 5.75 Å². The largest absolute Gasteiger partial charge is 0.342 e. The number of H-pyrrole nitrogens is 1. The summed E-state index contributed by atoms with van der Waals surface area (Å²) in [6.45, 7) is 1.82. The average Bonchev–Trinajstić information content (AvgIpc) is 2.84. The Morgan fingerprint density at radius 3 is 2.79 bits per heavy atom. The lowest BCUT2D eigenvalue weighted by Gasteiger charge is -2.30. The first-order valence-corrected chi connectivity index (χ1v) is 7.32. The topological polar surface area (TPSA) is 49.0 Å². The number of nitrogens with zero attached hydrogens (tertiary/aromatic N) is 2. The summed E-state index contributed by atoms with van der Waals surface area (Å²) in [5.41, 5.74) is 2.09. The number of aromatic amines is 1. The van der Waals surface area contributed by atoms with E-state index in [4.69, 9.17) is 0 Å². The van der Waals surface area contributed by atoms with Crippen LogP contribution in [0.1, 0.15) is 6.42 Å². The van der Waals surface area contributed by atoms with Crippen LogP contribution >= 0.6 is 11.8 Å². The summed E-state index contributed by atoms with van der Waals surface area (Å²) in [4.78, 5) is 21.2. The van der Waals surface area contributed by atoms with Crippen LogP contribution in [-0.2, 0) is 4.79 Å². The molecule has 1 N–H and O–H groups in total. The highest BCUT2D eigenvalue weighted by Gasteiger charge is 2.20. The van der Waals surface area contributed by atoms with Crippen molar-refractivity contribution >= 4 is 17.7 Å². The summed E-state index contributed by atoms with van der Waals surface area (Å²) in [6, 6.07) is 10.0. The molecule has 0 unspecified atom stereocenters. The Bertz CT molecular complexity index is 563. The first kappa shape index (κ1) is 12.3. The van der Waals surface area contributed by atoms with Crippen molar-refractivity contribution in [1.29, 1.82) is 0 Å². The van der Waals surface area contributed by atoms with Crippen LogP contribution in [0.5, 0.6) is 0 Å². The summed E-state index contributed by atoms with van der Waals surface area (Å²) in [5, 5.41) is 0.799. The molecule has 2 aromatic rings. The molecule has 0 bridgehead atoms. The zero-order valence-corrected chi connectivity index (χ0v) is 11.3. The monoisotopic (exact) mass is 273 g/mol. The van der Waals surface area contributed by atoms with Crippen molar-refractivity contribution < 1.29 is 4.79 Å². The number of carbonyl (C=O) groups is 1. The van der Waals surface area contributed by atoms with Gasteiger partial charge in [0.1, 0.15) is 0 Å². The molecule has 1 aliphatic rings. The third-order valence-corrected chi connectivity index (χ3v) is 4.05. The number of rotatable bonds is 4. The molecule has 3 rings (SSSR count). The Morgan fingerprint density at radius 1 is 1.32 bits per heavy atom.